The minimum atomic E-state index is -1.10. The molecule has 3 aliphatic carbocycles. The van der Waals surface area contributed by atoms with Crippen LogP contribution in [-0.2, 0) is 33.4 Å². The molecule has 0 unspecified atom stereocenters. The summed E-state index contributed by atoms with van der Waals surface area (Å²) in [7, 11) is 1.32. The standard InChI is InChI=1S/C35H51NO8/c1-20-13-24-23(25(37)14-20)15-26(38)29-32(24,6)17-27(39)33(7,34(29,8)18-28(40)42-9)10-11-35-16-21(2)12-22(43-35)19-36(35)30(41)44-31(3,4)5/h13,21-24,29H,10-12,14-19H2,1-9H3/t21-,22+,23-,24+,29-,32-,33+,34-,35-/m0/s1. The summed E-state index contributed by atoms with van der Waals surface area (Å²) in [5.74, 6) is -1.53. The molecule has 9 heteroatoms. The van der Waals surface area contributed by atoms with Gasteiger partial charge in [0.05, 0.1) is 26.2 Å². The van der Waals surface area contributed by atoms with E-state index in [1.165, 1.54) is 7.11 Å². The fourth-order valence-electron chi connectivity index (χ4n) is 9.89. The zero-order valence-electron chi connectivity index (χ0n) is 28.0. The first-order valence-corrected chi connectivity index (χ1v) is 16.3. The summed E-state index contributed by atoms with van der Waals surface area (Å²) in [6, 6.07) is 0. The lowest BCUT2D eigenvalue weighted by atomic mass is 9.37. The van der Waals surface area contributed by atoms with E-state index in [0.717, 1.165) is 12.0 Å². The number of Topliss-reactive ketones (excluding diaryl/α,β-unsaturated/α-hetero) is 3. The Balaban J connectivity index is 1.55. The first kappa shape index (κ1) is 32.8. The molecule has 0 N–H and O–H groups in total. The number of nitrogens with zero attached hydrogens (tertiary/aromatic N) is 1. The average Bonchev–Trinajstić information content (AvgIpc) is 3.16. The predicted molar refractivity (Wildman–Crippen MR) is 162 cm³/mol. The van der Waals surface area contributed by atoms with E-state index < -0.39 is 51.5 Å². The van der Waals surface area contributed by atoms with Crippen molar-refractivity contribution >= 4 is 29.4 Å². The van der Waals surface area contributed by atoms with E-state index in [1.807, 2.05) is 48.5 Å². The van der Waals surface area contributed by atoms with Crippen molar-refractivity contribution in [2.75, 3.05) is 13.7 Å². The van der Waals surface area contributed by atoms with Gasteiger partial charge in [0.2, 0.25) is 0 Å². The number of hydrogen-bond acceptors (Lipinski definition) is 8. The van der Waals surface area contributed by atoms with Crippen molar-refractivity contribution in [3.8, 4) is 0 Å². The van der Waals surface area contributed by atoms with E-state index in [-0.39, 0.29) is 48.6 Å². The molecule has 244 valence electrons. The zero-order chi connectivity index (χ0) is 32.6. The molecule has 0 aromatic rings. The van der Waals surface area contributed by atoms with E-state index in [1.54, 1.807) is 4.90 Å². The van der Waals surface area contributed by atoms with Gasteiger partial charge in [0, 0.05) is 41.9 Å². The monoisotopic (exact) mass is 613 g/mol. The number of hydrogen-bond donors (Lipinski definition) is 0. The lowest BCUT2D eigenvalue weighted by molar-refractivity contribution is -0.193. The highest BCUT2D eigenvalue weighted by Gasteiger charge is 2.70. The highest BCUT2D eigenvalue weighted by molar-refractivity contribution is 5.98. The van der Waals surface area contributed by atoms with E-state index in [0.29, 0.717) is 38.1 Å². The minimum Gasteiger partial charge on any atom is -0.469 e. The Morgan fingerprint density at radius 2 is 1.77 bits per heavy atom. The second kappa shape index (κ2) is 10.8. The van der Waals surface area contributed by atoms with Gasteiger partial charge in [0.25, 0.3) is 0 Å². The first-order valence-electron chi connectivity index (χ1n) is 16.3. The van der Waals surface area contributed by atoms with Crippen LogP contribution in [0.1, 0.15) is 107 Å². The van der Waals surface area contributed by atoms with Crippen LogP contribution in [0.5, 0.6) is 0 Å². The van der Waals surface area contributed by atoms with Gasteiger partial charge in [-0.25, -0.2) is 4.79 Å². The molecule has 5 aliphatic rings. The number of ketones is 3. The Kier molecular flexibility index (Phi) is 8.04. The number of carbonyl (C=O) groups is 5. The van der Waals surface area contributed by atoms with Gasteiger partial charge in [0.1, 0.15) is 28.7 Å². The summed E-state index contributed by atoms with van der Waals surface area (Å²) in [6.07, 6.45) is 4.16. The largest absolute Gasteiger partial charge is 0.469 e. The number of ether oxygens (including phenoxy) is 3. The van der Waals surface area contributed by atoms with Gasteiger partial charge < -0.3 is 14.2 Å². The molecule has 1 amide bonds. The van der Waals surface area contributed by atoms with Gasteiger partial charge in [-0.15, -0.1) is 0 Å². The normalized spacial score (nSPS) is 41.9. The molecule has 0 radical (unpaired) electrons. The van der Waals surface area contributed by atoms with Crippen LogP contribution in [0.3, 0.4) is 0 Å². The van der Waals surface area contributed by atoms with Crippen LogP contribution >= 0.6 is 0 Å². The summed E-state index contributed by atoms with van der Waals surface area (Å²) in [6.45, 7) is 15.8. The highest BCUT2D eigenvalue weighted by Crippen LogP contribution is 2.68. The van der Waals surface area contributed by atoms with Gasteiger partial charge >= 0.3 is 12.1 Å². The van der Waals surface area contributed by atoms with E-state index in [2.05, 4.69) is 13.0 Å². The van der Waals surface area contributed by atoms with Crippen LogP contribution in [0.4, 0.5) is 4.79 Å². The van der Waals surface area contributed by atoms with Gasteiger partial charge in [-0.3, -0.25) is 24.1 Å². The summed E-state index contributed by atoms with van der Waals surface area (Å²) in [5, 5.41) is 0. The van der Waals surface area contributed by atoms with Crippen LogP contribution < -0.4 is 0 Å². The number of amides is 1. The van der Waals surface area contributed by atoms with E-state index in [4.69, 9.17) is 14.2 Å². The smallest absolute Gasteiger partial charge is 0.412 e. The number of allylic oxidation sites excluding steroid dienone is 2. The predicted octanol–water partition coefficient (Wildman–Crippen LogP) is 5.82. The number of fused-ring (bicyclic) bond motifs is 5. The van der Waals surface area contributed by atoms with Crippen LogP contribution in [0.25, 0.3) is 0 Å². The molecule has 9 nitrogen and oxygen atoms in total. The number of methoxy groups -OCH3 is 1. The lowest BCUT2D eigenvalue weighted by Gasteiger charge is -2.64. The van der Waals surface area contributed by atoms with Crippen LogP contribution in [0.2, 0.25) is 0 Å². The van der Waals surface area contributed by atoms with Gasteiger partial charge in [-0.2, -0.15) is 0 Å². The van der Waals surface area contributed by atoms with Crippen molar-refractivity contribution in [1.82, 2.24) is 4.90 Å². The third kappa shape index (κ3) is 5.15. The van der Waals surface area contributed by atoms with Crippen molar-refractivity contribution in [3.05, 3.63) is 11.6 Å². The summed E-state index contributed by atoms with van der Waals surface area (Å²) in [5.41, 5.74) is -3.66. The van der Waals surface area contributed by atoms with Crippen molar-refractivity contribution in [2.24, 2.45) is 39.9 Å². The van der Waals surface area contributed by atoms with Gasteiger partial charge in [-0.05, 0) is 70.6 Å². The number of likely N-dealkylation sites (tertiary alicyclic amines) is 1. The first-order chi connectivity index (χ1) is 20.3. The molecular weight excluding hydrogens is 562 g/mol. The molecule has 0 spiro atoms. The van der Waals surface area contributed by atoms with Gasteiger partial charge in [-0.1, -0.05) is 39.3 Å². The average molecular weight is 614 g/mol. The summed E-state index contributed by atoms with van der Waals surface area (Å²) >= 11 is 0. The SMILES string of the molecule is COC(=O)C[C@@]1(C)[C@H]2C(=O)C[C@@H]3C(=O)CC(C)=C[C@H]3[C@]2(C)CC(=O)[C@@]1(C)CC[C@]12C[C@@H](C)C[C@H](CN1C(=O)OC(C)(C)C)O2. The Hall–Kier alpha value is -2.55. The summed E-state index contributed by atoms with van der Waals surface area (Å²) in [4.78, 5) is 70.3. The minimum absolute atomic E-state index is 0.0289. The molecule has 2 bridgehead atoms. The Morgan fingerprint density at radius 3 is 2.41 bits per heavy atom. The van der Waals surface area contributed by atoms with Gasteiger partial charge in [0.15, 0.2) is 0 Å². The maximum absolute atomic E-state index is 14.6. The van der Waals surface area contributed by atoms with Crippen LogP contribution in [0, 0.1) is 39.9 Å². The number of carbonyl (C=O) groups excluding carboxylic acids is 5. The van der Waals surface area contributed by atoms with E-state index >= 15 is 0 Å². The molecule has 0 aromatic heterocycles. The van der Waals surface area contributed by atoms with Crippen LogP contribution in [0.15, 0.2) is 11.6 Å². The summed E-state index contributed by atoms with van der Waals surface area (Å²) < 4.78 is 17.6. The fraction of sp³-hybridized carbons (Fsp3) is 0.800. The van der Waals surface area contributed by atoms with Crippen molar-refractivity contribution in [2.45, 2.75) is 124 Å². The van der Waals surface area contributed by atoms with Crippen molar-refractivity contribution in [3.63, 3.8) is 0 Å². The molecule has 4 fully saturated rings. The van der Waals surface area contributed by atoms with E-state index in [9.17, 15) is 24.0 Å². The van der Waals surface area contributed by atoms with Crippen molar-refractivity contribution in [1.29, 1.82) is 0 Å². The molecule has 9 atom stereocenters. The maximum Gasteiger partial charge on any atom is 0.412 e. The third-order valence-electron chi connectivity index (χ3n) is 11.9. The zero-order valence-corrected chi connectivity index (χ0v) is 28.0. The molecule has 2 saturated heterocycles. The van der Waals surface area contributed by atoms with Crippen molar-refractivity contribution < 1.29 is 38.2 Å². The quantitative estimate of drug-likeness (QED) is 0.281. The molecular formula is C35H51NO8. The molecule has 0 aromatic carbocycles. The molecule has 5 rings (SSSR count). The highest BCUT2D eigenvalue weighted by atomic mass is 16.6. The second-order valence-electron chi connectivity index (χ2n) is 16.3. The number of rotatable bonds is 5. The molecule has 2 aliphatic heterocycles. The maximum atomic E-state index is 14.6. The molecule has 2 heterocycles. The number of esters is 1. The Bertz CT molecular complexity index is 1300. The second-order valence-corrected chi connectivity index (χ2v) is 16.3. The lowest BCUT2D eigenvalue weighted by Crippen LogP contribution is -2.66. The van der Waals surface area contributed by atoms with Crippen LogP contribution in [-0.4, -0.2) is 65.4 Å². The Morgan fingerprint density at radius 1 is 1.09 bits per heavy atom. The third-order valence-corrected chi connectivity index (χ3v) is 11.9. The topological polar surface area (TPSA) is 116 Å². The fourth-order valence-corrected chi connectivity index (χ4v) is 9.89. The molecule has 2 saturated carbocycles. The molecule has 44 heavy (non-hydrogen) atoms. The Labute approximate surface area is 261 Å².